The molecule has 246 valence electrons. The summed E-state index contributed by atoms with van der Waals surface area (Å²) < 4.78 is 45.6. The predicted molar refractivity (Wildman–Crippen MR) is 180 cm³/mol. The summed E-state index contributed by atoms with van der Waals surface area (Å²) in [4.78, 5) is 34.2. The Kier molecular flexibility index (Phi) is 10.4. The van der Waals surface area contributed by atoms with Gasteiger partial charge in [0.25, 0.3) is 5.91 Å². The third kappa shape index (κ3) is 8.83. The number of pyridine rings is 1. The molecule has 11 nitrogen and oxygen atoms in total. The molecule has 3 amide bonds. The Hall–Kier alpha value is -5.01. The molecular formula is C34H37FN6O5S. The number of sulfonamides is 1. The van der Waals surface area contributed by atoms with Gasteiger partial charge in [-0.3, -0.25) is 19.3 Å². The van der Waals surface area contributed by atoms with E-state index in [9.17, 15) is 22.4 Å². The average Bonchev–Trinajstić information content (AvgIpc) is 3.04. The van der Waals surface area contributed by atoms with E-state index in [1.165, 1.54) is 25.2 Å². The van der Waals surface area contributed by atoms with Crippen LogP contribution in [-0.4, -0.2) is 62.7 Å². The first-order valence-electron chi connectivity index (χ1n) is 15.1. The number of rotatable bonds is 10. The Morgan fingerprint density at radius 1 is 1.00 bits per heavy atom. The number of aromatic nitrogens is 1. The third-order valence-corrected chi connectivity index (χ3v) is 8.37. The van der Waals surface area contributed by atoms with Gasteiger partial charge in [0, 0.05) is 62.0 Å². The van der Waals surface area contributed by atoms with Crippen LogP contribution in [0.4, 0.5) is 26.2 Å². The second kappa shape index (κ2) is 14.6. The van der Waals surface area contributed by atoms with E-state index in [4.69, 9.17) is 4.74 Å². The largest absolute Gasteiger partial charge is 0.439 e. The SMILES string of the molecule is CNC(=O)c1cc(NC(=O)N(c2ccccc2)C2CCN(Cc3ccc(Oc4ccc(NS(C)(=O)=O)cc4C)nc3)CC2)ccc1F. The molecule has 0 spiro atoms. The van der Waals surface area contributed by atoms with Gasteiger partial charge in [-0.25, -0.2) is 22.6 Å². The molecule has 13 heteroatoms. The Bertz CT molecular complexity index is 1830. The van der Waals surface area contributed by atoms with Gasteiger partial charge in [0.2, 0.25) is 15.9 Å². The van der Waals surface area contributed by atoms with Crippen LogP contribution in [0.25, 0.3) is 0 Å². The molecule has 4 aromatic rings. The standard InChI is InChI=1S/C34H37FN6O5S/c1-23-19-26(39-47(3,44)45)11-13-31(23)46-32-14-9-24(21-37-32)22-40-17-15-28(16-18-40)41(27-7-5-4-6-8-27)34(43)38-25-10-12-30(35)29(20-25)33(42)36-2/h4-14,19-21,28,39H,15-18,22H2,1-3H3,(H,36,42)(H,38,43). The quantitative estimate of drug-likeness (QED) is 0.197. The highest BCUT2D eigenvalue weighted by molar-refractivity contribution is 7.92. The van der Waals surface area contributed by atoms with Gasteiger partial charge in [-0.2, -0.15) is 0 Å². The summed E-state index contributed by atoms with van der Waals surface area (Å²) in [6.07, 6.45) is 4.33. The summed E-state index contributed by atoms with van der Waals surface area (Å²) in [5.41, 5.74) is 3.16. The van der Waals surface area contributed by atoms with Gasteiger partial charge >= 0.3 is 6.03 Å². The van der Waals surface area contributed by atoms with Gasteiger partial charge in [0.1, 0.15) is 11.6 Å². The number of likely N-dealkylation sites (tertiary alicyclic amines) is 1. The van der Waals surface area contributed by atoms with E-state index in [1.54, 1.807) is 35.4 Å². The van der Waals surface area contributed by atoms with Gasteiger partial charge in [0.05, 0.1) is 11.8 Å². The average molecular weight is 661 g/mol. The van der Waals surface area contributed by atoms with Crippen LogP contribution in [0.1, 0.15) is 34.3 Å². The van der Waals surface area contributed by atoms with E-state index < -0.39 is 21.7 Å². The van der Waals surface area contributed by atoms with E-state index in [0.29, 0.717) is 29.5 Å². The molecule has 0 radical (unpaired) electrons. The van der Waals surface area contributed by atoms with Crippen molar-refractivity contribution in [1.29, 1.82) is 0 Å². The number of halogens is 1. The molecule has 1 aliphatic heterocycles. The molecule has 1 aliphatic rings. The second-order valence-corrected chi connectivity index (χ2v) is 13.1. The van der Waals surface area contributed by atoms with Crippen LogP contribution in [0, 0.1) is 12.7 Å². The summed E-state index contributed by atoms with van der Waals surface area (Å²) in [6, 6.07) is 21.7. The van der Waals surface area contributed by atoms with Crippen LogP contribution in [0.2, 0.25) is 0 Å². The molecule has 47 heavy (non-hydrogen) atoms. The summed E-state index contributed by atoms with van der Waals surface area (Å²) in [6.45, 7) is 4.02. The van der Waals surface area contributed by atoms with Crippen molar-refractivity contribution in [3.63, 3.8) is 0 Å². The normalized spacial score (nSPS) is 13.9. The van der Waals surface area contributed by atoms with Crippen LogP contribution >= 0.6 is 0 Å². The number of carbonyl (C=O) groups excluding carboxylic acids is 2. The molecule has 0 aliphatic carbocycles. The minimum atomic E-state index is -3.37. The minimum absolute atomic E-state index is 0.0799. The number of urea groups is 1. The number of benzene rings is 3. The number of amides is 3. The summed E-state index contributed by atoms with van der Waals surface area (Å²) in [7, 11) is -1.95. The van der Waals surface area contributed by atoms with Crippen molar-refractivity contribution in [1.82, 2.24) is 15.2 Å². The highest BCUT2D eigenvalue weighted by atomic mass is 32.2. The van der Waals surface area contributed by atoms with E-state index in [1.807, 2.05) is 43.3 Å². The number of nitrogens with one attached hydrogen (secondary N) is 3. The fourth-order valence-corrected chi connectivity index (χ4v) is 6.05. The zero-order valence-electron chi connectivity index (χ0n) is 26.4. The maximum absolute atomic E-state index is 14.2. The first kappa shape index (κ1) is 33.4. The predicted octanol–water partition coefficient (Wildman–Crippen LogP) is 5.76. The monoisotopic (exact) mass is 660 g/mol. The molecule has 0 bridgehead atoms. The summed E-state index contributed by atoms with van der Waals surface area (Å²) in [5.74, 6) is -0.246. The Morgan fingerprint density at radius 3 is 2.36 bits per heavy atom. The van der Waals surface area contributed by atoms with Gasteiger partial charge < -0.3 is 15.4 Å². The van der Waals surface area contributed by atoms with Gasteiger partial charge in [-0.15, -0.1) is 0 Å². The van der Waals surface area contributed by atoms with Crippen LogP contribution in [0.15, 0.2) is 85.1 Å². The molecule has 1 saturated heterocycles. The number of hydrogen-bond acceptors (Lipinski definition) is 7. The molecule has 2 heterocycles. The molecule has 1 fully saturated rings. The molecule has 5 rings (SSSR count). The number of aryl methyl sites for hydroxylation is 1. The van der Waals surface area contributed by atoms with Crippen molar-refractivity contribution in [2.75, 3.05) is 41.3 Å². The Balaban J connectivity index is 1.20. The number of nitrogens with zero attached hydrogens (tertiary/aromatic N) is 3. The van der Waals surface area contributed by atoms with E-state index in [2.05, 4.69) is 25.2 Å². The number of para-hydroxylation sites is 1. The highest BCUT2D eigenvalue weighted by Crippen LogP contribution is 2.28. The van der Waals surface area contributed by atoms with Crippen molar-refractivity contribution in [2.45, 2.75) is 32.4 Å². The molecule has 3 aromatic carbocycles. The van der Waals surface area contributed by atoms with Crippen LogP contribution in [0.3, 0.4) is 0 Å². The van der Waals surface area contributed by atoms with Gasteiger partial charge in [0.15, 0.2) is 0 Å². The third-order valence-electron chi connectivity index (χ3n) is 7.76. The molecule has 0 atom stereocenters. The fourth-order valence-electron chi connectivity index (χ4n) is 5.49. The lowest BCUT2D eigenvalue weighted by atomic mass is 10.0. The van der Waals surface area contributed by atoms with E-state index in [0.717, 1.165) is 49.0 Å². The Labute approximate surface area is 273 Å². The van der Waals surface area contributed by atoms with Gasteiger partial charge in [-0.1, -0.05) is 24.3 Å². The van der Waals surface area contributed by atoms with Crippen molar-refractivity contribution in [2.24, 2.45) is 0 Å². The number of anilines is 3. The molecule has 0 unspecified atom stereocenters. The maximum atomic E-state index is 14.2. The van der Waals surface area contributed by atoms with Crippen molar-refractivity contribution in [3.05, 3.63) is 108 Å². The lowest BCUT2D eigenvalue weighted by Gasteiger charge is -2.38. The van der Waals surface area contributed by atoms with E-state index >= 15 is 0 Å². The van der Waals surface area contributed by atoms with Crippen molar-refractivity contribution < 1.29 is 27.1 Å². The van der Waals surface area contributed by atoms with Crippen molar-refractivity contribution in [3.8, 4) is 11.6 Å². The lowest BCUT2D eigenvalue weighted by molar-refractivity contribution is 0.0959. The highest BCUT2D eigenvalue weighted by Gasteiger charge is 2.29. The number of carbonyl (C=O) groups is 2. The molecule has 3 N–H and O–H groups in total. The minimum Gasteiger partial charge on any atom is -0.439 e. The van der Waals surface area contributed by atoms with E-state index in [-0.39, 0.29) is 17.6 Å². The molecule has 1 aromatic heterocycles. The number of piperidine rings is 1. The molecule has 0 saturated carbocycles. The van der Waals surface area contributed by atoms with Gasteiger partial charge in [-0.05, 0) is 79.4 Å². The lowest BCUT2D eigenvalue weighted by Crippen LogP contribution is -2.49. The Morgan fingerprint density at radius 2 is 1.72 bits per heavy atom. The van der Waals surface area contributed by atoms with Crippen molar-refractivity contribution >= 4 is 39.0 Å². The summed E-state index contributed by atoms with van der Waals surface area (Å²) >= 11 is 0. The first-order chi connectivity index (χ1) is 22.5. The fraction of sp³-hybridized carbons (Fsp3) is 0.265. The number of ether oxygens (including phenoxy) is 1. The summed E-state index contributed by atoms with van der Waals surface area (Å²) in [5, 5.41) is 5.26. The second-order valence-electron chi connectivity index (χ2n) is 11.4. The first-order valence-corrected chi connectivity index (χ1v) is 17.0. The maximum Gasteiger partial charge on any atom is 0.326 e. The smallest absolute Gasteiger partial charge is 0.326 e. The number of hydrogen-bond donors (Lipinski definition) is 3. The van der Waals surface area contributed by atoms with Crippen LogP contribution in [0.5, 0.6) is 11.6 Å². The zero-order chi connectivity index (χ0) is 33.6. The topological polar surface area (TPSA) is 133 Å². The molecular weight excluding hydrogens is 623 g/mol. The van der Waals surface area contributed by atoms with Crippen LogP contribution in [-0.2, 0) is 16.6 Å². The van der Waals surface area contributed by atoms with Crippen LogP contribution < -0.4 is 25.0 Å². The zero-order valence-corrected chi connectivity index (χ0v) is 27.2.